The maximum atomic E-state index is 12.1. The summed E-state index contributed by atoms with van der Waals surface area (Å²) in [5, 5.41) is 0. The first-order valence-electron chi connectivity index (χ1n) is 3.89. The molecule has 68 valence electrons. The average Bonchev–Trinajstić information content (AvgIpc) is 2.46. The number of para-hydroxylation sites is 1. The van der Waals surface area contributed by atoms with Crippen LogP contribution in [0.2, 0.25) is 0 Å². The normalized spacial score (nSPS) is 10.9. The van der Waals surface area contributed by atoms with Gasteiger partial charge >= 0.3 is 4.34 Å². The number of aryl methyl sites for hydroxylation is 1. The Balaban J connectivity index is 2.60. The molecule has 0 amide bonds. The van der Waals surface area contributed by atoms with Gasteiger partial charge in [0.05, 0.1) is 0 Å². The van der Waals surface area contributed by atoms with Gasteiger partial charge in [0.1, 0.15) is 17.8 Å². The molecule has 1 aromatic heterocycles. The molecular weight excluding hydrogens is 205 g/mol. The third-order valence-corrected chi connectivity index (χ3v) is 4.12. The van der Waals surface area contributed by atoms with Gasteiger partial charge in [-0.1, -0.05) is 23.5 Å². The molecule has 0 radical (unpaired) electrons. The molecule has 0 spiro atoms. The van der Waals surface area contributed by atoms with E-state index in [0.717, 1.165) is 4.34 Å². The van der Waals surface area contributed by atoms with Gasteiger partial charge in [-0.3, -0.25) is 0 Å². The van der Waals surface area contributed by atoms with Crippen LogP contribution in [0.4, 0.5) is 4.39 Å². The van der Waals surface area contributed by atoms with Gasteiger partial charge in [0, 0.05) is 6.07 Å². The monoisotopic (exact) mass is 214 g/mol. The highest BCUT2D eigenvalue weighted by Crippen LogP contribution is 2.27. The summed E-state index contributed by atoms with van der Waals surface area (Å²) >= 11 is 2.88. The third kappa shape index (κ3) is 1.56. The Morgan fingerprint density at radius 3 is 2.92 bits per heavy atom. The number of thiazole rings is 1. The highest BCUT2D eigenvalue weighted by Gasteiger charge is 2.15. The highest BCUT2D eigenvalue weighted by atomic mass is 32.2. The van der Waals surface area contributed by atoms with Gasteiger partial charge in [0.25, 0.3) is 0 Å². The molecule has 2 rings (SSSR count). The lowest BCUT2D eigenvalue weighted by molar-refractivity contribution is -0.676. The smallest absolute Gasteiger partial charge is 0.239 e. The van der Waals surface area contributed by atoms with Crippen molar-refractivity contribution in [3.8, 4) is 0 Å². The minimum Gasteiger partial charge on any atom is -0.239 e. The molecule has 0 aliphatic heterocycles. The third-order valence-electron chi connectivity index (χ3n) is 1.88. The summed E-state index contributed by atoms with van der Waals surface area (Å²) in [5.74, 6) is 0. The number of alkyl halides is 1. The van der Waals surface area contributed by atoms with Crippen molar-refractivity contribution in [1.29, 1.82) is 0 Å². The summed E-state index contributed by atoms with van der Waals surface area (Å²) in [4.78, 5) is 0. The van der Waals surface area contributed by atoms with Gasteiger partial charge in [-0.05, 0) is 17.8 Å². The first-order valence-corrected chi connectivity index (χ1v) is 5.69. The van der Waals surface area contributed by atoms with Gasteiger partial charge in [0.2, 0.25) is 5.52 Å². The maximum absolute atomic E-state index is 12.1. The van der Waals surface area contributed by atoms with Crippen LogP contribution in [0.5, 0.6) is 0 Å². The fourth-order valence-electron chi connectivity index (χ4n) is 1.25. The van der Waals surface area contributed by atoms with E-state index in [-0.39, 0.29) is 6.01 Å². The van der Waals surface area contributed by atoms with Crippen LogP contribution >= 0.6 is 23.1 Å². The van der Waals surface area contributed by atoms with Crippen molar-refractivity contribution >= 4 is 33.3 Å². The van der Waals surface area contributed by atoms with E-state index in [1.54, 1.807) is 11.3 Å². The predicted octanol–water partition coefficient (Wildman–Crippen LogP) is 2.74. The summed E-state index contributed by atoms with van der Waals surface area (Å²) < 4.78 is 16.4. The molecular formula is C9H9FNS2+. The fraction of sp³-hybridized carbons (Fsp3) is 0.222. The van der Waals surface area contributed by atoms with E-state index in [4.69, 9.17) is 0 Å². The molecule has 1 heterocycles. The minimum atomic E-state index is -0.360. The molecule has 13 heavy (non-hydrogen) atoms. The Labute approximate surface area is 84.2 Å². The van der Waals surface area contributed by atoms with Gasteiger partial charge in [0.15, 0.2) is 0 Å². The number of nitrogens with zero attached hydrogens (tertiary/aromatic N) is 1. The summed E-state index contributed by atoms with van der Waals surface area (Å²) in [5.41, 5.74) is 1.17. The van der Waals surface area contributed by atoms with Crippen LogP contribution in [-0.4, -0.2) is 6.01 Å². The molecule has 0 aliphatic rings. The van der Waals surface area contributed by atoms with Gasteiger partial charge in [-0.2, -0.15) is 4.57 Å². The van der Waals surface area contributed by atoms with Gasteiger partial charge in [-0.25, -0.2) is 4.39 Å². The Morgan fingerprint density at radius 1 is 1.46 bits per heavy atom. The molecule has 0 atom stereocenters. The van der Waals surface area contributed by atoms with Crippen LogP contribution in [-0.2, 0) is 7.05 Å². The van der Waals surface area contributed by atoms with Crippen LogP contribution < -0.4 is 4.57 Å². The lowest BCUT2D eigenvalue weighted by atomic mass is 10.3. The molecule has 0 N–H and O–H groups in total. The lowest BCUT2D eigenvalue weighted by Crippen LogP contribution is -2.27. The number of benzene rings is 1. The molecule has 0 bridgehead atoms. The van der Waals surface area contributed by atoms with E-state index in [2.05, 4.69) is 6.07 Å². The van der Waals surface area contributed by atoms with E-state index in [9.17, 15) is 4.39 Å². The summed E-state index contributed by atoms with van der Waals surface area (Å²) in [7, 11) is 1.97. The molecule has 2 aromatic rings. The second kappa shape index (κ2) is 3.64. The number of hydrogen-bond acceptors (Lipinski definition) is 2. The van der Waals surface area contributed by atoms with Crippen molar-refractivity contribution in [3.05, 3.63) is 24.3 Å². The van der Waals surface area contributed by atoms with E-state index >= 15 is 0 Å². The summed E-state index contributed by atoms with van der Waals surface area (Å²) in [6.45, 7) is 0. The largest absolute Gasteiger partial charge is 0.300 e. The fourth-order valence-corrected chi connectivity index (χ4v) is 3.16. The first kappa shape index (κ1) is 8.97. The van der Waals surface area contributed by atoms with Crippen molar-refractivity contribution in [2.24, 2.45) is 7.05 Å². The zero-order chi connectivity index (χ0) is 9.26. The lowest BCUT2D eigenvalue weighted by Gasteiger charge is -1.86. The Kier molecular flexibility index (Phi) is 2.51. The highest BCUT2D eigenvalue weighted by molar-refractivity contribution is 8.00. The number of fused-ring (bicyclic) bond motifs is 1. The van der Waals surface area contributed by atoms with Crippen LogP contribution in [0, 0.1) is 0 Å². The number of aromatic nitrogens is 1. The molecule has 0 unspecified atom stereocenters. The van der Waals surface area contributed by atoms with E-state index in [1.807, 2.05) is 29.8 Å². The average molecular weight is 214 g/mol. The van der Waals surface area contributed by atoms with Crippen molar-refractivity contribution < 1.29 is 8.96 Å². The van der Waals surface area contributed by atoms with Crippen molar-refractivity contribution in [1.82, 2.24) is 0 Å². The Bertz CT molecular complexity index is 424. The number of rotatable bonds is 2. The topological polar surface area (TPSA) is 3.88 Å². The summed E-state index contributed by atoms with van der Waals surface area (Å²) in [6, 6.07) is 7.75. The first-order chi connectivity index (χ1) is 6.33. The van der Waals surface area contributed by atoms with Crippen molar-refractivity contribution in [3.63, 3.8) is 0 Å². The second-order valence-corrected chi connectivity index (χ2v) is 4.83. The van der Waals surface area contributed by atoms with Crippen LogP contribution in [0.3, 0.4) is 0 Å². The van der Waals surface area contributed by atoms with Crippen LogP contribution in [0.1, 0.15) is 0 Å². The predicted molar refractivity (Wildman–Crippen MR) is 54.8 cm³/mol. The number of hydrogen-bond donors (Lipinski definition) is 0. The molecule has 0 saturated carbocycles. The standard InChI is InChI=1S/C9H9FNS2/c1-11-7-4-2-3-5-8(7)13-9(11)12-6-10/h2-5H,6H2,1H3/q+1. The maximum Gasteiger partial charge on any atom is 0.300 e. The van der Waals surface area contributed by atoms with E-state index < -0.39 is 0 Å². The molecule has 4 heteroatoms. The second-order valence-electron chi connectivity index (χ2n) is 2.65. The zero-order valence-electron chi connectivity index (χ0n) is 7.16. The van der Waals surface area contributed by atoms with Crippen molar-refractivity contribution in [2.75, 3.05) is 6.01 Å². The zero-order valence-corrected chi connectivity index (χ0v) is 8.79. The molecule has 0 saturated heterocycles. The van der Waals surface area contributed by atoms with E-state index in [1.165, 1.54) is 22.0 Å². The Hall–Kier alpha value is -0.610. The quantitative estimate of drug-likeness (QED) is 0.549. The van der Waals surface area contributed by atoms with Gasteiger partial charge < -0.3 is 0 Å². The van der Waals surface area contributed by atoms with Gasteiger partial charge in [-0.15, -0.1) is 0 Å². The number of thioether (sulfide) groups is 1. The van der Waals surface area contributed by atoms with Crippen LogP contribution in [0.15, 0.2) is 28.6 Å². The number of halogens is 1. The Morgan fingerprint density at radius 2 is 2.23 bits per heavy atom. The van der Waals surface area contributed by atoms with Crippen LogP contribution in [0.25, 0.3) is 10.2 Å². The molecule has 0 aliphatic carbocycles. The summed E-state index contributed by atoms with van der Waals surface area (Å²) in [6.07, 6.45) is 0. The molecule has 1 aromatic carbocycles. The SMILES string of the molecule is C[n+]1c(SCF)sc2ccccc21. The van der Waals surface area contributed by atoms with E-state index in [0.29, 0.717) is 0 Å². The molecule has 0 fully saturated rings. The van der Waals surface area contributed by atoms with Crippen molar-refractivity contribution in [2.45, 2.75) is 4.34 Å². The molecule has 1 nitrogen and oxygen atoms in total. The minimum absolute atomic E-state index is 0.360.